The van der Waals surface area contributed by atoms with E-state index in [9.17, 15) is 14.7 Å². The number of aliphatic hydroxyl groups is 1. The third kappa shape index (κ3) is 14.9. The quantitative estimate of drug-likeness (QED) is 0.0573. The molecule has 2 fully saturated rings. The first kappa shape index (κ1) is 54.3. The molecule has 7 aromatic rings. The Labute approximate surface area is 447 Å². The first-order chi connectivity index (χ1) is 37.4. The van der Waals surface area contributed by atoms with Crippen molar-refractivity contribution in [2.24, 2.45) is 0 Å². The fraction of sp³-hybridized carbons (Fsp3) is 0.290. The SMILES string of the molecule is CO[C@H]1O[C@H](COC(=O)c2ccccc2C(=O)OC[C@H]2OC(Sc3ccccc3)[C@H](OCc3ccccc3)[C@@H](OCc3ccccc3)[C@@H]2OCc2ccccc2)[C@@H](O)[C@H](OCc2ccccc2)[C@H]1OCc1ccccc1. The van der Waals surface area contributed by atoms with E-state index < -0.39 is 79.1 Å². The smallest absolute Gasteiger partial charge is 0.339 e. The van der Waals surface area contributed by atoms with Crippen molar-refractivity contribution >= 4 is 23.7 Å². The maximum atomic E-state index is 14.4. The van der Waals surface area contributed by atoms with Gasteiger partial charge >= 0.3 is 11.9 Å². The van der Waals surface area contributed by atoms with Gasteiger partial charge in [-0.25, -0.2) is 9.59 Å². The monoisotopic (exact) mass is 1050 g/mol. The number of hydrogen-bond acceptors (Lipinski definition) is 14. The van der Waals surface area contributed by atoms with Crippen molar-refractivity contribution in [1.29, 1.82) is 0 Å². The minimum Gasteiger partial charge on any atom is -0.459 e. The lowest BCUT2D eigenvalue weighted by atomic mass is 9.98. The molecule has 0 bridgehead atoms. The van der Waals surface area contributed by atoms with Crippen LogP contribution in [0.3, 0.4) is 0 Å². The van der Waals surface area contributed by atoms with E-state index in [4.69, 9.17) is 47.4 Å². The Hall–Kier alpha value is -6.53. The van der Waals surface area contributed by atoms with Gasteiger partial charge in [0.25, 0.3) is 0 Å². The van der Waals surface area contributed by atoms with Crippen LogP contribution in [0.5, 0.6) is 0 Å². The summed E-state index contributed by atoms with van der Waals surface area (Å²) in [5, 5.41) is 11.9. The van der Waals surface area contributed by atoms with Gasteiger partial charge in [-0.1, -0.05) is 194 Å². The van der Waals surface area contributed by atoms with Crippen LogP contribution in [0.2, 0.25) is 0 Å². The number of aliphatic hydroxyl groups excluding tert-OH is 1. The lowest BCUT2D eigenvalue weighted by Crippen LogP contribution is -2.60. The van der Waals surface area contributed by atoms with Gasteiger partial charge < -0.3 is 52.5 Å². The van der Waals surface area contributed by atoms with E-state index >= 15 is 0 Å². The molecule has 2 aliphatic heterocycles. The van der Waals surface area contributed by atoms with E-state index in [2.05, 4.69) is 0 Å². The zero-order valence-corrected chi connectivity index (χ0v) is 42.9. The number of methoxy groups -OCH3 is 1. The van der Waals surface area contributed by atoms with Gasteiger partial charge in [0, 0.05) is 12.0 Å². The molecule has 0 amide bonds. The highest BCUT2D eigenvalue weighted by molar-refractivity contribution is 7.99. The highest BCUT2D eigenvalue weighted by Crippen LogP contribution is 2.39. The van der Waals surface area contributed by atoms with Crippen molar-refractivity contribution in [3.8, 4) is 0 Å². The number of benzene rings is 7. The van der Waals surface area contributed by atoms with Crippen LogP contribution in [0.4, 0.5) is 0 Å². The van der Waals surface area contributed by atoms with Crippen molar-refractivity contribution in [3.05, 3.63) is 245 Å². The molecular weight excluding hydrogens is 985 g/mol. The first-order valence-corrected chi connectivity index (χ1v) is 26.2. The number of thioether (sulfide) groups is 1. The maximum absolute atomic E-state index is 14.4. The molecule has 9 rings (SSSR count). The summed E-state index contributed by atoms with van der Waals surface area (Å²) < 4.78 is 64.1. The molecule has 1 unspecified atom stereocenters. The molecule has 10 atom stereocenters. The van der Waals surface area contributed by atoms with Crippen molar-refractivity contribution in [2.75, 3.05) is 20.3 Å². The molecule has 2 saturated heterocycles. The third-order valence-electron chi connectivity index (χ3n) is 13.0. The highest BCUT2D eigenvalue weighted by Gasteiger charge is 2.50. The van der Waals surface area contributed by atoms with Gasteiger partial charge in [-0.2, -0.15) is 0 Å². The van der Waals surface area contributed by atoms with Gasteiger partial charge in [-0.15, -0.1) is 0 Å². The van der Waals surface area contributed by atoms with E-state index in [-0.39, 0.29) is 50.8 Å². The van der Waals surface area contributed by atoms with E-state index in [1.54, 1.807) is 12.1 Å². The van der Waals surface area contributed by atoms with E-state index in [1.807, 2.05) is 182 Å². The van der Waals surface area contributed by atoms with Gasteiger partial charge in [0.05, 0.1) is 44.2 Å². The second-order valence-electron chi connectivity index (χ2n) is 18.3. The Morgan fingerprint density at radius 1 is 0.421 bits per heavy atom. The minimum atomic E-state index is -1.32. The molecule has 0 aliphatic carbocycles. The highest BCUT2D eigenvalue weighted by atomic mass is 32.2. The Morgan fingerprint density at radius 2 is 0.776 bits per heavy atom. The van der Waals surface area contributed by atoms with Gasteiger partial charge in [0.1, 0.15) is 67.5 Å². The van der Waals surface area contributed by atoms with Crippen LogP contribution < -0.4 is 0 Å². The molecular formula is C62H62O13S. The summed E-state index contributed by atoms with van der Waals surface area (Å²) in [7, 11) is 1.47. The van der Waals surface area contributed by atoms with Crippen molar-refractivity contribution in [1.82, 2.24) is 0 Å². The van der Waals surface area contributed by atoms with Crippen LogP contribution in [0.25, 0.3) is 0 Å². The van der Waals surface area contributed by atoms with Crippen LogP contribution in [-0.4, -0.2) is 97.9 Å². The first-order valence-electron chi connectivity index (χ1n) is 25.3. The Balaban J connectivity index is 0.932. The lowest BCUT2D eigenvalue weighted by molar-refractivity contribution is -0.313. The average Bonchev–Trinajstić information content (AvgIpc) is 3.50. The summed E-state index contributed by atoms with van der Waals surface area (Å²) >= 11 is 1.48. The maximum Gasteiger partial charge on any atom is 0.339 e. The number of hydrogen-bond donors (Lipinski definition) is 1. The molecule has 0 radical (unpaired) electrons. The summed E-state index contributed by atoms with van der Waals surface area (Å²) in [5.74, 6) is -1.64. The lowest BCUT2D eigenvalue weighted by Gasteiger charge is -2.45. The predicted octanol–water partition coefficient (Wildman–Crippen LogP) is 10.2. The molecule has 76 heavy (non-hydrogen) atoms. The average molecular weight is 1050 g/mol. The van der Waals surface area contributed by atoms with E-state index in [0.717, 1.165) is 32.7 Å². The largest absolute Gasteiger partial charge is 0.459 e. The molecule has 2 aliphatic rings. The number of carbonyl (C=O) groups is 2. The molecule has 0 aromatic heterocycles. The van der Waals surface area contributed by atoms with Gasteiger partial charge in [-0.05, 0) is 52.1 Å². The molecule has 0 saturated carbocycles. The normalized spacial score (nSPS) is 23.3. The fourth-order valence-electron chi connectivity index (χ4n) is 9.04. The number of carbonyl (C=O) groups excluding carboxylic acids is 2. The molecule has 2 heterocycles. The van der Waals surface area contributed by atoms with Gasteiger partial charge in [0.2, 0.25) is 0 Å². The Bertz CT molecular complexity index is 2820. The van der Waals surface area contributed by atoms with Crippen LogP contribution in [-0.2, 0) is 80.4 Å². The number of rotatable bonds is 24. The fourth-order valence-corrected chi connectivity index (χ4v) is 10.2. The van der Waals surface area contributed by atoms with E-state index in [1.165, 1.54) is 31.0 Å². The molecule has 394 valence electrons. The molecule has 0 spiro atoms. The predicted molar refractivity (Wildman–Crippen MR) is 285 cm³/mol. The minimum absolute atomic E-state index is 0.0421. The summed E-state index contributed by atoms with van der Waals surface area (Å²) in [6, 6.07) is 64.7. The molecule has 7 aromatic carbocycles. The molecule has 1 N–H and O–H groups in total. The Morgan fingerprint density at radius 3 is 1.21 bits per heavy atom. The van der Waals surface area contributed by atoms with Crippen molar-refractivity contribution < 1.29 is 62.1 Å². The summed E-state index contributed by atoms with van der Waals surface area (Å²) in [6.45, 7) is 0.395. The summed E-state index contributed by atoms with van der Waals surface area (Å²) in [6.07, 6.45) is -8.29. The van der Waals surface area contributed by atoms with Crippen LogP contribution in [0.15, 0.2) is 211 Å². The van der Waals surface area contributed by atoms with Gasteiger partial charge in [0.15, 0.2) is 6.29 Å². The number of esters is 2. The zero-order chi connectivity index (χ0) is 52.3. The Kier molecular flexibility index (Phi) is 20.0. The summed E-state index contributed by atoms with van der Waals surface area (Å²) in [5.41, 5.74) is 3.88. The molecule has 14 heteroatoms. The third-order valence-corrected chi connectivity index (χ3v) is 14.1. The standard InChI is InChI=1S/C62H62O13S/c1-66-61-57(70-39-46-28-14-5-15-29-46)55(68-37-44-24-10-3-11-25-44)53(63)51(74-61)41-72-59(64)49-34-20-21-35-50(49)60(65)73-42-52-54(67-36-43-22-8-2-9-23-43)56(69-38-45-26-12-4-13-27-45)58(71-40-47-30-16-6-17-31-47)62(75-52)76-48-32-18-7-19-33-48/h2-35,51-58,61-63H,36-42H2,1H3/t51-,52-,53-,54-,55+,56+,57-,58-,61+,62?/m1/s1. The number of ether oxygens (including phenoxy) is 10. The van der Waals surface area contributed by atoms with Crippen LogP contribution in [0, 0.1) is 0 Å². The van der Waals surface area contributed by atoms with E-state index in [0.29, 0.717) is 0 Å². The topological polar surface area (TPSA) is 147 Å². The van der Waals surface area contributed by atoms with Crippen molar-refractivity contribution in [2.45, 2.75) is 98.5 Å². The second kappa shape index (κ2) is 28.0. The van der Waals surface area contributed by atoms with Crippen molar-refractivity contribution in [3.63, 3.8) is 0 Å². The molecule has 13 nitrogen and oxygen atoms in total. The summed E-state index contributed by atoms with van der Waals surface area (Å²) in [4.78, 5) is 29.4. The zero-order valence-electron chi connectivity index (χ0n) is 42.1. The van der Waals surface area contributed by atoms with Crippen LogP contribution >= 0.6 is 11.8 Å². The second-order valence-corrected chi connectivity index (χ2v) is 19.5. The van der Waals surface area contributed by atoms with Crippen LogP contribution in [0.1, 0.15) is 48.5 Å². The van der Waals surface area contributed by atoms with Gasteiger partial charge in [-0.3, -0.25) is 0 Å².